The first-order chi connectivity index (χ1) is 14.5. The summed E-state index contributed by atoms with van der Waals surface area (Å²) in [5.74, 6) is 1.16. The van der Waals surface area contributed by atoms with E-state index in [1.807, 2.05) is 23.6 Å². The number of nitrogens with one attached hydrogen (secondary N) is 2. The van der Waals surface area contributed by atoms with E-state index in [0.717, 1.165) is 29.0 Å². The third-order valence-electron chi connectivity index (χ3n) is 4.80. The second-order valence-corrected chi connectivity index (χ2v) is 7.72. The molecule has 1 aromatic heterocycles. The van der Waals surface area contributed by atoms with Crippen LogP contribution in [-0.4, -0.2) is 30.5 Å². The van der Waals surface area contributed by atoms with Gasteiger partial charge in [-0.3, -0.25) is 14.9 Å². The Morgan fingerprint density at radius 1 is 1.20 bits per heavy atom. The molecule has 2 amide bonds. The van der Waals surface area contributed by atoms with Crippen LogP contribution in [-0.2, 0) is 4.79 Å². The van der Waals surface area contributed by atoms with Crippen molar-refractivity contribution in [3.63, 3.8) is 0 Å². The van der Waals surface area contributed by atoms with Crippen molar-refractivity contribution in [2.45, 2.75) is 19.4 Å². The summed E-state index contributed by atoms with van der Waals surface area (Å²) in [6, 6.07) is 12.6. The number of aromatic nitrogens is 1. The predicted molar refractivity (Wildman–Crippen MR) is 115 cm³/mol. The molecule has 3 aromatic rings. The summed E-state index contributed by atoms with van der Waals surface area (Å²) in [6.07, 6.45) is 0.719. The van der Waals surface area contributed by atoms with Crippen molar-refractivity contribution in [2.24, 2.45) is 0 Å². The molecule has 1 aliphatic rings. The predicted octanol–water partition coefficient (Wildman–Crippen LogP) is 4.03. The lowest BCUT2D eigenvalue weighted by Crippen LogP contribution is -2.30. The van der Waals surface area contributed by atoms with E-state index in [0.29, 0.717) is 23.1 Å². The zero-order chi connectivity index (χ0) is 21.1. The first-order valence-electron chi connectivity index (χ1n) is 9.48. The number of fused-ring (bicyclic) bond motifs is 1. The molecule has 8 heteroatoms. The van der Waals surface area contributed by atoms with Crippen molar-refractivity contribution in [3.8, 4) is 22.8 Å². The Balaban J connectivity index is 1.52. The molecule has 30 heavy (non-hydrogen) atoms. The van der Waals surface area contributed by atoms with Crippen molar-refractivity contribution in [2.75, 3.05) is 19.0 Å². The number of hydrogen-bond donors (Lipinski definition) is 2. The molecule has 0 bridgehead atoms. The molecule has 1 atom stereocenters. The summed E-state index contributed by atoms with van der Waals surface area (Å²) < 4.78 is 10.8. The monoisotopic (exact) mass is 423 g/mol. The van der Waals surface area contributed by atoms with Gasteiger partial charge in [0.05, 0.1) is 25.5 Å². The maximum Gasteiger partial charge on any atom is 0.257 e. The molecule has 2 aromatic carbocycles. The van der Waals surface area contributed by atoms with Crippen LogP contribution in [0.1, 0.15) is 35.3 Å². The topological polar surface area (TPSA) is 89.5 Å². The lowest BCUT2D eigenvalue weighted by atomic mass is 9.97. The summed E-state index contributed by atoms with van der Waals surface area (Å²) in [4.78, 5) is 28.5. The lowest BCUT2D eigenvalue weighted by Gasteiger charge is -2.26. The van der Waals surface area contributed by atoms with Gasteiger partial charge in [0.25, 0.3) is 5.91 Å². The number of benzene rings is 2. The maximum atomic E-state index is 12.5. The molecule has 2 N–H and O–H groups in total. The van der Waals surface area contributed by atoms with Crippen LogP contribution in [0, 0.1) is 0 Å². The van der Waals surface area contributed by atoms with E-state index in [1.165, 1.54) is 18.3 Å². The molecule has 0 fully saturated rings. The normalized spacial score (nSPS) is 14.9. The third kappa shape index (κ3) is 4.28. The fraction of sp³-hybridized carbons (Fsp3) is 0.227. The average Bonchev–Trinajstić information content (AvgIpc) is 3.22. The molecule has 1 unspecified atom stereocenters. The highest BCUT2D eigenvalue weighted by atomic mass is 32.1. The van der Waals surface area contributed by atoms with E-state index < -0.39 is 0 Å². The summed E-state index contributed by atoms with van der Waals surface area (Å²) in [7, 11) is 1.58. The Labute approximate surface area is 178 Å². The number of amides is 2. The molecule has 0 spiro atoms. The number of anilines is 1. The summed E-state index contributed by atoms with van der Waals surface area (Å²) in [6.45, 7) is 2.08. The van der Waals surface area contributed by atoms with Crippen molar-refractivity contribution in [1.82, 2.24) is 10.3 Å². The highest BCUT2D eigenvalue weighted by molar-refractivity contribution is 7.14. The Morgan fingerprint density at radius 2 is 2.00 bits per heavy atom. The van der Waals surface area contributed by atoms with Gasteiger partial charge in [0, 0.05) is 35.4 Å². The van der Waals surface area contributed by atoms with Gasteiger partial charge in [-0.25, -0.2) is 4.98 Å². The van der Waals surface area contributed by atoms with Crippen LogP contribution < -0.4 is 20.1 Å². The Hall–Kier alpha value is -3.39. The minimum Gasteiger partial charge on any atom is -0.497 e. The summed E-state index contributed by atoms with van der Waals surface area (Å²) in [5.41, 5.74) is 3.11. The Bertz CT molecular complexity index is 1080. The first kappa shape index (κ1) is 19.9. The number of thiazole rings is 1. The van der Waals surface area contributed by atoms with E-state index >= 15 is 0 Å². The fourth-order valence-corrected chi connectivity index (χ4v) is 4.04. The number of methoxy groups -OCH3 is 1. The van der Waals surface area contributed by atoms with Gasteiger partial charge in [-0.1, -0.05) is 0 Å². The zero-order valence-electron chi connectivity index (χ0n) is 16.6. The van der Waals surface area contributed by atoms with Crippen molar-refractivity contribution >= 4 is 28.3 Å². The van der Waals surface area contributed by atoms with Crippen molar-refractivity contribution in [3.05, 3.63) is 59.0 Å². The number of rotatable bonds is 5. The second kappa shape index (κ2) is 8.54. The molecule has 7 nitrogen and oxygen atoms in total. The molecule has 1 aliphatic heterocycles. The van der Waals surface area contributed by atoms with Gasteiger partial charge in [0.2, 0.25) is 5.91 Å². The number of carbonyl (C=O) groups excluding carboxylic acids is 2. The summed E-state index contributed by atoms with van der Waals surface area (Å²) in [5, 5.41) is 8.20. The van der Waals surface area contributed by atoms with Gasteiger partial charge < -0.3 is 14.8 Å². The highest BCUT2D eigenvalue weighted by Gasteiger charge is 2.23. The average molecular weight is 423 g/mol. The van der Waals surface area contributed by atoms with E-state index in [9.17, 15) is 9.59 Å². The van der Waals surface area contributed by atoms with Crippen LogP contribution in [0.2, 0.25) is 0 Å². The molecule has 0 saturated heterocycles. The fourth-order valence-electron chi connectivity index (χ4n) is 3.32. The van der Waals surface area contributed by atoms with E-state index in [2.05, 4.69) is 15.6 Å². The van der Waals surface area contributed by atoms with Crippen LogP contribution >= 0.6 is 11.3 Å². The van der Waals surface area contributed by atoms with Crippen molar-refractivity contribution < 1.29 is 19.1 Å². The van der Waals surface area contributed by atoms with Gasteiger partial charge in [0.15, 0.2) is 5.13 Å². The standard InChI is InChI=1S/C22H21N3O4S/c1-13(26)23-18-9-10-29-20-8-5-15(11-17(18)20)19-12-30-22(24-19)25-21(27)14-3-6-16(28-2)7-4-14/h3-8,11-12,18H,9-10H2,1-2H3,(H,23,26)(H,24,25,27). The molecular formula is C22H21N3O4S. The van der Waals surface area contributed by atoms with Crippen LogP contribution in [0.25, 0.3) is 11.3 Å². The first-order valence-corrected chi connectivity index (χ1v) is 10.4. The maximum absolute atomic E-state index is 12.5. The van der Waals surface area contributed by atoms with E-state index in [-0.39, 0.29) is 17.9 Å². The zero-order valence-corrected chi connectivity index (χ0v) is 17.4. The van der Waals surface area contributed by atoms with Gasteiger partial charge >= 0.3 is 0 Å². The van der Waals surface area contributed by atoms with E-state index in [1.54, 1.807) is 31.4 Å². The minimum atomic E-state index is -0.233. The van der Waals surface area contributed by atoms with Crippen LogP contribution in [0.5, 0.6) is 11.5 Å². The third-order valence-corrected chi connectivity index (χ3v) is 5.56. The second-order valence-electron chi connectivity index (χ2n) is 6.86. The van der Waals surface area contributed by atoms with E-state index in [4.69, 9.17) is 9.47 Å². The van der Waals surface area contributed by atoms with Crippen molar-refractivity contribution in [1.29, 1.82) is 0 Å². The van der Waals surface area contributed by atoms with Gasteiger partial charge in [-0.15, -0.1) is 11.3 Å². The van der Waals surface area contributed by atoms with Crippen LogP contribution in [0.4, 0.5) is 5.13 Å². The van der Waals surface area contributed by atoms with Gasteiger partial charge in [-0.2, -0.15) is 0 Å². The highest BCUT2D eigenvalue weighted by Crippen LogP contribution is 2.36. The number of hydrogen-bond acceptors (Lipinski definition) is 6. The van der Waals surface area contributed by atoms with Gasteiger partial charge in [0.1, 0.15) is 11.5 Å². The number of carbonyl (C=O) groups is 2. The van der Waals surface area contributed by atoms with Crippen LogP contribution in [0.3, 0.4) is 0 Å². The Morgan fingerprint density at radius 3 is 2.73 bits per heavy atom. The summed E-state index contributed by atoms with van der Waals surface area (Å²) >= 11 is 1.36. The minimum absolute atomic E-state index is 0.0737. The quantitative estimate of drug-likeness (QED) is 0.647. The molecule has 0 radical (unpaired) electrons. The molecular weight excluding hydrogens is 402 g/mol. The molecule has 154 valence electrons. The largest absolute Gasteiger partial charge is 0.497 e. The lowest BCUT2D eigenvalue weighted by molar-refractivity contribution is -0.119. The molecule has 2 heterocycles. The molecule has 4 rings (SSSR count). The SMILES string of the molecule is COc1ccc(C(=O)Nc2nc(-c3ccc4c(c3)C(NC(C)=O)CCO4)cs2)cc1. The van der Waals surface area contributed by atoms with Crippen LogP contribution in [0.15, 0.2) is 47.8 Å². The molecule has 0 saturated carbocycles. The number of ether oxygens (including phenoxy) is 2. The van der Waals surface area contributed by atoms with Gasteiger partial charge in [-0.05, 0) is 42.5 Å². The smallest absolute Gasteiger partial charge is 0.257 e. The Kier molecular flexibility index (Phi) is 5.67. The molecule has 0 aliphatic carbocycles. The number of nitrogens with zero attached hydrogens (tertiary/aromatic N) is 1.